The number of carbonyl (C=O) groups excluding carboxylic acids is 2. The molecule has 2 rings (SSSR count). The molecule has 0 saturated carbocycles. The number of hydrogen-bond donors (Lipinski definition) is 0. The summed E-state index contributed by atoms with van der Waals surface area (Å²) in [6, 6.07) is 9.40. The van der Waals surface area contributed by atoms with Gasteiger partial charge in [0.2, 0.25) is 11.8 Å². The van der Waals surface area contributed by atoms with Crippen molar-refractivity contribution in [1.29, 1.82) is 0 Å². The van der Waals surface area contributed by atoms with Crippen LogP contribution in [0, 0.1) is 0 Å². The molecule has 114 valence electrons. The van der Waals surface area contributed by atoms with Gasteiger partial charge in [-0.05, 0) is 18.4 Å². The number of likely N-dealkylation sites (tertiary alicyclic amines) is 1. The lowest BCUT2D eigenvalue weighted by molar-refractivity contribution is -0.145. The molecule has 0 bridgehead atoms. The first kappa shape index (κ1) is 15.5. The first-order valence-electron chi connectivity index (χ1n) is 7.22. The van der Waals surface area contributed by atoms with Gasteiger partial charge < -0.3 is 14.5 Å². The van der Waals surface area contributed by atoms with Crippen LogP contribution in [-0.4, -0.2) is 54.9 Å². The molecule has 1 unspecified atom stereocenters. The van der Waals surface area contributed by atoms with E-state index in [1.54, 1.807) is 23.9 Å². The fraction of sp³-hybridized carbons (Fsp3) is 0.500. The van der Waals surface area contributed by atoms with Crippen LogP contribution in [0.2, 0.25) is 0 Å². The van der Waals surface area contributed by atoms with Crippen molar-refractivity contribution >= 4 is 11.8 Å². The molecule has 0 spiro atoms. The van der Waals surface area contributed by atoms with Crippen molar-refractivity contribution in [2.75, 3.05) is 27.2 Å². The third kappa shape index (κ3) is 4.04. The third-order valence-corrected chi connectivity index (χ3v) is 3.64. The van der Waals surface area contributed by atoms with E-state index in [4.69, 9.17) is 4.74 Å². The molecule has 5 nitrogen and oxygen atoms in total. The zero-order chi connectivity index (χ0) is 15.2. The predicted octanol–water partition coefficient (Wildman–Crippen LogP) is 1.28. The number of nitrogens with zero attached hydrogens (tertiary/aromatic N) is 2. The normalized spacial score (nSPS) is 17.8. The summed E-state index contributed by atoms with van der Waals surface area (Å²) in [6.45, 7) is 1.07. The molecule has 2 amide bonds. The van der Waals surface area contributed by atoms with Gasteiger partial charge in [0, 0.05) is 20.6 Å². The van der Waals surface area contributed by atoms with E-state index in [-0.39, 0.29) is 24.5 Å². The second kappa shape index (κ2) is 7.22. The molecule has 1 heterocycles. The number of benzene rings is 1. The summed E-state index contributed by atoms with van der Waals surface area (Å²) in [5, 5.41) is 0. The van der Waals surface area contributed by atoms with Crippen molar-refractivity contribution in [1.82, 2.24) is 9.80 Å². The van der Waals surface area contributed by atoms with Crippen LogP contribution in [0.3, 0.4) is 0 Å². The fourth-order valence-electron chi connectivity index (χ4n) is 2.53. The molecule has 21 heavy (non-hydrogen) atoms. The standard InChI is InChI=1S/C16H22N2O3/c1-17(2)16(20)14-9-6-10-18(14)15(19)12-21-11-13-7-4-3-5-8-13/h3-5,7-8,14H,6,9-12H2,1-2H3. The van der Waals surface area contributed by atoms with Crippen molar-refractivity contribution in [3.05, 3.63) is 35.9 Å². The van der Waals surface area contributed by atoms with E-state index in [1.165, 1.54) is 0 Å². The number of likely N-dealkylation sites (N-methyl/N-ethyl adjacent to an activating group) is 1. The molecule has 5 heteroatoms. The van der Waals surface area contributed by atoms with Crippen molar-refractivity contribution in [3.8, 4) is 0 Å². The van der Waals surface area contributed by atoms with Crippen LogP contribution in [0.15, 0.2) is 30.3 Å². The molecule has 1 fully saturated rings. The summed E-state index contributed by atoms with van der Waals surface area (Å²) in [5.74, 6) is -0.118. The Balaban J connectivity index is 1.83. The first-order chi connectivity index (χ1) is 10.1. The van der Waals surface area contributed by atoms with Crippen LogP contribution in [0.1, 0.15) is 18.4 Å². The number of hydrogen-bond acceptors (Lipinski definition) is 3. The Labute approximate surface area is 125 Å². The molecule has 0 radical (unpaired) electrons. The molecule has 0 aliphatic carbocycles. The molecule has 1 aliphatic rings. The third-order valence-electron chi connectivity index (χ3n) is 3.64. The van der Waals surface area contributed by atoms with Crippen molar-refractivity contribution in [3.63, 3.8) is 0 Å². The van der Waals surface area contributed by atoms with E-state index in [0.717, 1.165) is 18.4 Å². The smallest absolute Gasteiger partial charge is 0.249 e. The van der Waals surface area contributed by atoms with Crippen molar-refractivity contribution < 1.29 is 14.3 Å². The molecule has 1 aliphatic heterocycles. The largest absolute Gasteiger partial charge is 0.367 e. The summed E-state index contributed by atoms with van der Waals surface area (Å²) in [4.78, 5) is 27.4. The summed E-state index contributed by atoms with van der Waals surface area (Å²) in [6.07, 6.45) is 1.61. The molecule has 0 aromatic heterocycles. The van der Waals surface area contributed by atoms with Gasteiger partial charge >= 0.3 is 0 Å². The molecule has 1 aromatic carbocycles. The highest BCUT2D eigenvalue weighted by Crippen LogP contribution is 2.19. The highest BCUT2D eigenvalue weighted by molar-refractivity contribution is 5.88. The Bertz CT molecular complexity index is 488. The Morgan fingerprint density at radius 2 is 2.00 bits per heavy atom. The summed E-state index contributed by atoms with van der Waals surface area (Å²) in [5.41, 5.74) is 1.03. The highest BCUT2D eigenvalue weighted by Gasteiger charge is 2.34. The molecule has 1 atom stereocenters. The molecule has 1 saturated heterocycles. The SMILES string of the molecule is CN(C)C(=O)C1CCCN1C(=O)COCc1ccccc1. The summed E-state index contributed by atoms with van der Waals surface area (Å²) < 4.78 is 5.47. The van der Waals surface area contributed by atoms with Gasteiger partial charge in [0.15, 0.2) is 0 Å². The van der Waals surface area contributed by atoms with E-state index in [9.17, 15) is 9.59 Å². The Kier molecular flexibility index (Phi) is 5.33. The minimum absolute atomic E-state index is 0.0103. The summed E-state index contributed by atoms with van der Waals surface area (Å²) >= 11 is 0. The zero-order valence-corrected chi connectivity index (χ0v) is 12.6. The lowest BCUT2D eigenvalue weighted by Crippen LogP contribution is -2.46. The zero-order valence-electron chi connectivity index (χ0n) is 12.6. The van der Waals surface area contributed by atoms with Crippen molar-refractivity contribution in [2.45, 2.75) is 25.5 Å². The van der Waals surface area contributed by atoms with Crippen molar-refractivity contribution in [2.24, 2.45) is 0 Å². The lowest BCUT2D eigenvalue weighted by Gasteiger charge is -2.26. The summed E-state index contributed by atoms with van der Waals surface area (Å²) in [7, 11) is 3.43. The van der Waals surface area contributed by atoms with Crippen LogP contribution in [0.25, 0.3) is 0 Å². The Hall–Kier alpha value is -1.88. The van der Waals surface area contributed by atoms with Gasteiger partial charge in [-0.3, -0.25) is 9.59 Å². The number of rotatable bonds is 5. The number of carbonyl (C=O) groups is 2. The topological polar surface area (TPSA) is 49.9 Å². The van der Waals surface area contributed by atoms with E-state index in [1.807, 2.05) is 30.3 Å². The monoisotopic (exact) mass is 290 g/mol. The van der Waals surface area contributed by atoms with E-state index >= 15 is 0 Å². The number of ether oxygens (including phenoxy) is 1. The van der Waals surface area contributed by atoms with Gasteiger partial charge in [0.05, 0.1) is 6.61 Å². The minimum Gasteiger partial charge on any atom is -0.367 e. The van der Waals surface area contributed by atoms with Crippen LogP contribution < -0.4 is 0 Å². The second-order valence-electron chi connectivity index (χ2n) is 5.46. The number of amides is 2. The van der Waals surface area contributed by atoms with Crippen LogP contribution in [0.4, 0.5) is 0 Å². The van der Waals surface area contributed by atoms with Crippen LogP contribution in [-0.2, 0) is 20.9 Å². The van der Waals surface area contributed by atoms with Crippen LogP contribution >= 0.6 is 0 Å². The van der Waals surface area contributed by atoms with Gasteiger partial charge in [0.1, 0.15) is 12.6 Å². The minimum atomic E-state index is -0.326. The Morgan fingerprint density at radius 3 is 2.67 bits per heavy atom. The van der Waals surface area contributed by atoms with Gasteiger partial charge in [-0.15, -0.1) is 0 Å². The fourth-order valence-corrected chi connectivity index (χ4v) is 2.53. The lowest BCUT2D eigenvalue weighted by atomic mass is 10.2. The average molecular weight is 290 g/mol. The highest BCUT2D eigenvalue weighted by atomic mass is 16.5. The van der Waals surface area contributed by atoms with Gasteiger partial charge in [-0.25, -0.2) is 0 Å². The second-order valence-corrected chi connectivity index (χ2v) is 5.46. The van der Waals surface area contributed by atoms with Gasteiger partial charge in [-0.2, -0.15) is 0 Å². The quantitative estimate of drug-likeness (QED) is 0.821. The average Bonchev–Trinajstić information content (AvgIpc) is 2.96. The maximum atomic E-state index is 12.2. The van der Waals surface area contributed by atoms with Gasteiger partial charge in [0.25, 0.3) is 0 Å². The first-order valence-corrected chi connectivity index (χ1v) is 7.22. The predicted molar refractivity (Wildman–Crippen MR) is 79.5 cm³/mol. The maximum Gasteiger partial charge on any atom is 0.249 e. The van der Waals surface area contributed by atoms with E-state index in [2.05, 4.69) is 0 Å². The molecular formula is C16H22N2O3. The molecule has 1 aromatic rings. The van der Waals surface area contributed by atoms with Gasteiger partial charge in [-0.1, -0.05) is 30.3 Å². The van der Waals surface area contributed by atoms with Crippen LogP contribution in [0.5, 0.6) is 0 Å². The Morgan fingerprint density at radius 1 is 1.29 bits per heavy atom. The molecular weight excluding hydrogens is 268 g/mol. The molecule has 0 N–H and O–H groups in total. The van der Waals surface area contributed by atoms with E-state index in [0.29, 0.717) is 13.2 Å². The maximum absolute atomic E-state index is 12.2. The van der Waals surface area contributed by atoms with E-state index < -0.39 is 0 Å².